The number of imidazole rings is 1. The topological polar surface area (TPSA) is 109 Å². The molecule has 7 nitrogen and oxygen atoms in total. The van der Waals surface area contributed by atoms with Crippen molar-refractivity contribution in [2.24, 2.45) is 0 Å². The second kappa shape index (κ2) is 7.26. The van der Waals surface area contributed by atoms with Gasteiger partial charge in [-0.25, -0.2) is 4.98 Å². The van der Waals surface area contributed by atoms with Gasteiger partial charge in [-0.15, -0.1) is 0 Å². The molecule has 0 aliphatic rings. The fourth-order valence-corrected chi connectivity index (χ4v) is 3.13. The van der Waals surface area contributed by atoms with E-state index in [2.05, 4.69) is 16.0 Å². The number of hydrogen-bond donors (Lipinski definition) is 1. The van der Waals surface area contributed by atoms with E-state index in [9.17, 15) is 15.4 Å². The van der Waals surface area contributed by atoms with Crippen LogP contribution in [0.15, 0.2) is 52.9 Å². The molecule has 8 heteroatoms. The summed E-state index contributed by atoms with van der Waals surface area (Å²) in [6.07, 6.45) is 1.53. The van der Waals surface area contributed by atoms with Crippen LogP contribution in [0.2, 0.25) is 5.02 Å². The Hall–Kier alpha value is -3.89. The zero-order valence-electron chi connectivity index (χ0n) is 15.1. The summed E-state index contributed by atoms with van der Waals surface area (Å²) in [4.78, 5) is 18.4. The number of hydrogen-bond acceptors (Lipinski definition) is 5. The van der Waals surface area contributed by atoms with E-state index in [1.165, 1.54) is 18.2 Å². The Morgan fingerprint density at radius 2 is 2.10 bits per heavy atom. The van der Waals surface area contributed by atoms with E-state index in [0.717, 1.165) is 11.0 Å². The molecule has 0 saturated heterocycles. The summed E-state index contributed by atoms with van der Waals surface area (Å²) in [6.45, 7) is 1.70. The van der Waals surface area contributed by atoms with Crippen LogP contribution in [0.1, 0.15) is 17.1 Å². The molecular weight excluding hydrogens is 392 g/mol. The molecule has 0 radical (unpaired) electrons. The van der Waals surface area contributed by atoms with E-state index < -0.39 is 4.92 Å². The SMILES string of the molecule is Cc1cc([N+](=O)[O-])c(-c2ccc(/C=C(\C#N)c3nc4ccccc4[nH]3)o2)cc1Cl. The third kappa shape index (κ3) is 3.49. The number of para-hydroxylation sites is 2. The second-order valence-corrected chi connectivity index (χ2v) is 6.76. The Morgan fingerprint density at radius 1 is 1.31 bits per heavy atom. The first-order valence-electron chi connectivity index (χ1n) is 8.58. The third-order valence-electron chi connectivity index (χ3n) is 4.42. The van der Waals surface area contributed by atoms with E-state index in [-0.39, 0.29) is 22.6 Å². The van der Waals surface area contributed by atoms with Gasteiger partial charge in [-0.1, -0.05) is 23.7 Å². The molecule has 4 aromatic rings. The fraction of sp³-hybridized carbons (Fsp3) is 0.0476. The average molecular weight is 405 g/mol. The predicted molar refractivity (Wildman–Crippen MR) is 110 cm³/mol. The lowest BCUT2D eigenvalue weighted by atomic mass is 10.1. The summed E-state index contributed by atoms with van der Waals surface area (Å²) in [5.74, 6) is 1.06. The number of aryl methyl sites for hydroxylation is 1. The van der Waals surface area contributed by atoms with Gasteiger partial charge in [0.05, 0.1) is 27.1 Å². The Kier molecular flexibility index (Phi) is 4.63. The maximum absolute atomic E-state index is 11.4. The maximum Gasteiger partial charge on any atom is 0.280 e. The number of rotatable bonds is 4. The highest BCUT2D eigenvalue weighted by molar-refractivity contribution is 6.31. The van der Waals surface area contributed by atoms with Crippen molar-refractivity contribution < 1.29 is 9.34 Å². The van der Waals surface area contributed by atoms with Crippen LogP contribution in [-0.4, -0.2) is 14.9 Å². The molecule has 2 aromatic carbocycles. The van der Waals surface area contributed by atoms with Crippen molar-refractivity contribution in [3.63, 3.8) is 0 Å². The fourth-order valence-electron chi connectivity index (χ4n) is 2.97. The molecule has 0 amide bonds. The van der Waals surface area contributed by atoms with Crippen LogP contribution in [0.3, 0.4) is 0 Å². The molecule has 0 bridgehead atoms. The minimum absolute atomic E-state index is 0.102. The van der Waals surface area contributed by atoms with E-state index >= 15 is 0 Å². The molecule has 0 fully saturated rings. The van der Waals surface area contributed by atoms with Crippen molar-refractivity contribution in [3.8, 4) is 17.4 Å². The summed E-state index contributed by atoms with van der Waals surface area (Å²) in [6, 6.07) is 15.7. The molecule has 4 rings (SSSR count). The zero-order chi connectivity index (χ0) is 20.5. The number of nitrogens with zero attached hydrogens (tertiary/aromatic N) is 3. The number of furan rings is 1. The van der Waals surface area contributed by atoms with Crippen LogP contribution in [0.5, 0.6) is 0 Å². The first-order valence-corrected chi connectivity index (χ1v) is 8.95. The normalized spacial score (nSPS) is 11.6. The van der Waals surface area contributed by atoms with Gasteiger partial charge in [-0.05, 0) is 42.8 Å². The molecule has 0 aliphatic heterocycles. The number of fused-ring (bicyclic) bond motifs is 1. The summed E-state index contributed by atoms with van der Waals surface area (Å²) in [7, 11) is 0. The van der Waals surface area contributed by atoms with E-state index in [1.807, 2.05) is 24.3 Å². The minimum Gasteiger partial charge on any atom is -0.456 e. The largest absolute Gasteiger partial charge is 0.456 e. The van der Waals surface area contributed by atoms with Gasteiger partial charge in [0.2, 0.25) is 0 Å². The van der Waals surface area contributed by atoms with Crippen molar-refractivity contribution in [2.75, 3.05) is 0 Å². The highest BCUT2D eigenvalue weighted by Gasteiger charge is 2.20. The lowest BCUT2D eigenvalue weighted by Crippen LogP contribution is -1.93. The van der Waals surface area contributed by atoms with Crippen LogP contribution >= 0.6 is 11.6 Å². The van der Waals surface area contributed by atoms with Gasteiger partial charge in [0, 0.05) is 17.2 Å². The maximum atomic E-state index is 11.4. The Labute approximate surface area is 170 Å². The monoisotopic (exact) mass is 404 g/mol. The number of nitro groups is 1. The number of allylic oxidation sites excluding steroid dienone is 1. The lowest BCUT2D eigenvalue weighted by molar-refractivity contribution is -0.384. The zero-order valence-corrected chi connectivity index (χ0v) is 15.9. The van der Waals surface area contributed by atoms with E-state index in [1.54, 1.807) is 19.1 Å². The number of aromatic amines is 1. The summed E-state index contributed by atoms with van der Waals surface area (Å²) in [5.41, 5.74) is 2.61. The van der Waals surface area contributed by atoms with Gasteiger partial charge in [0.25, 0.3) is 5.69 Å². The van der Waals surface area contributed by atoms with Gasteiger partial charge < -0.3 is 9.40 Å². The first-order chi connectivity index (χ1) is 14.0. The third-order valence-corrected chi connectivity index (χ3v) is 4.82. The van der Waals surface area contributed by atoms with Crippen molar-refractivity contribution in [3.05, 3.63) is 80.8 Å². The molecule has 29 heavy (non-hydrogen) atoms. The molecule has 0 unspecified atom stereocenters. The number of nitrogens with one attached hydrogen (secondary N) is 1. The molecule has 2 aromatic heterocycles. The standard InChI is InChI=1S/C21H13ClN4O3/c1-12-8-19(26(27)28)15(10-16(12)22)20-7-6-14(29-20)9-13(11-23)21-24-17-4-2-3-5-18(17)25-21/h2-10H,1H3,(H,24,25)/b13-9+. The van der Waals surface area contributed by atoms with Crippen molar-refractivity contribution in [1.82, 2.24) is 9.97 Å². The minimum atomic E-state index is -0.480. The Balaban J connectivity index is 1.75. The average Bonchev–Trinajstić information content (AvgIpc) is 3.34. The number of benzene rings is 2. The molecule has 0 saturated carbocycles. The summed E-state index contributed by atoms with van der Waals surface area (Å²) >= 11 is 6.14. The van der Waals surface area contributed by atoms with Gasteiger partial charge in [0.15, 0.2) is 0 Å². The van der Waals surface area contributed by atoms with Crippen LogP contribution in [-0.2, 0) is 0 Å². The Morgan fingerprint density at radius 3 is 2.83 bits per heavy atom. The molecular formula is C21H13ClN4O3. The number of H-pyrrole nitrogens is 1. The van der Waals surface area contributed by atoms with Crippen molar-refractivity contribution in [1.29, 1.82) is 5.26 Å². The van der Waals surface area contributed by atoms with E-state index in [0.29, 0.717) is 22.2 Å². The summed E-state index contributed by atoms with van der Waals surface area (Å²) < 4.78 is 5.75. The molecule has 0 spiro atoms. The second-order valence-electron chi connectivity index (χ2n) is 6.35. The van der Waals surface area contributed by atoms with Crippen molar-refractivity contribution in [2.45, 2.75) is 6.92 Å². The number of nitriles is 1. The van der Waals surface area contributed by atoms with Gasteiger partial charge in [0.1, 0.15) is 23.4 Å². The van der Waals surface area contributed by atoms with Gasteiger partial charge in [-0.2, -0.15) is 5.26 Å². The first kappa shape index (κ1) is 18.5. The van der Waals surface area contributed by atoms with Crippen LogP contribution in [0, 0.1) is 28.4 Å². The number of aromatic nitrogens is 2. The Bertz CT molecular complexity index is 1290. The number of nitro benzene ring substituents is 1. The molecule has 142 valence electrons. The van der Waals surface area contributed by atoms with Crippen LogP contribution in [0.4, 0.5) is 5.69 Å². The van der Waals surface area contributed by atoms with E-state index in [4.69, 9.17) is 16.0 Å². The lowest BCUT2D eigenvalue weighted by Gasteiger charge is -2.03. The number of halogens is 1. The quantitative estimate of drug-likeness (QED) is 0.264. The van der Waals surface area contributed by atoms with Crippen LogP contribution in [0.25, 0.3) is 34.0 Å². The van der Waals surface area contributed by atoms with Crippen molar-refractivity contribution >= 4 is 40.0 Å². The highest BCUT2D eigenvalue weighted by atomic mass is 35.5. The van der Waals surface area contributed by atoms with Crippen LogP contribution < -0.4 is 0 Å². The summed E-state index contributed by atoms with van der Waals surface area (Å²) in [5, 5.41) is 21.4. The van der Waals surface area contributed by atoms with Gasteiger partial charge >= 0.3 is 0 Å². The predicted octanol–water partition coefficient (Wildman–Crippen LogP) is 5.76. The highest BCUT2D eigenvalue weighted by Crippen LogP contribution is 2.36. The van der Waals surface area contributed by atoms with Gasteiger partial charge in [-0.3, -0.25) is 10.1 Å². The molecule has 0 aliphatic carbocycles. The smallest absolute Gasteiger partial charge is 0.280 e. The molecule has 2 heterocycles. The molecule has 1 N–H and O–H groups in total. The molecule has 0 atom stereocenters.